The summed E-state index contributed by atoms with van der Waals surface area (Å²) in [4.78, 5) is 0.334. The van der Waals surface area contributed by atoms with E-state index in [1.165, 1.54) is 9.87 Å². The summed E-state index contributed by atoms with van der Waals surface area (Å²) in [5.41, 5.74) is 2.29. The molecule has 5 heteroatoms. The van der Waals surface area contributed by atoms with Crippen LogP contribution < -0.4 is 5.32 Å². The van der Waals surface area contributed by atoms with Gasteiger partial charge in [-0.15, -0.1) is 0 Å². The Labute approximate surface area is 139 Å². The monoisotopic (exact) mass is 332 g/mol. The van der Waals surface area contributed by atoms with Crippen LogP contribution in [0.2, 0.25) is 0 Å². The Hall–Kier alpha value is -1.69. The molecular weight excluding hydrogens is 308 g/mol. The van der Waals surface area contributed by atoms with Crippen LogP contribution in [0.15, 0.2) is 59.5 Å². The molecule has 0 aliphatic rings. The first-order valence-corrected chi connectivity index (χ1v) is 9.17. The summed E-state index contributed by atoms with van der Waals surface area (Å²) in [6, 6.07) is 17.2. The maximum Gasteiger partial charge on any atom is 0.243 e. The van der Waals surface area contributed by atoms with E-state index in [0.29, 0.717) is 11.4 Å². The van der Waals surface area contributed by atoms with Crippen LogP contribution in [0.1, 0.15) is 25.0 Å². The average molecular weight is 332 g/mol. The van der Waals surface area contributed by atoms with E-state index in [1.54, 1.807) is 19.2 Å². The van der Waals surface area contributed by atoms with Crippen molar-refractivity contribution < 1.29 is 8.42 Å². The van der Waals surface area contributed by atoms with Crippen LogP contribution in [0.4, 0.5) is 0 Å². The molecule has 0 saturated carbocycles. The zero-order valence-electron chi connectivity index (χ0n) is 13.9. The minimum Gasteiger partial charge on any atom is -0.309 e. The number of sulfonamides is 1. The van der Waals surface area contributed by atoms with Gasteiger partial charge in [0.25, 0.3) is 0 Å². The molecule has 0 atom stereocenters. The molecule has 1 N–H and O–H groups in total. The molecule has 23 heavy (non-hydrogen) atoms. The SMILES string of the molecule is CC(C)N(C)S(=O)(=O)c1ccc(CNCc2ccccc2)cc1. The standard InChI is InChI=1S/C18H24N2O2S/c1-15(2)20(3)23(21,22)18-11-9-17(10-12-18)14-19-13-16-7-5-4-6-8-16/h4-12,15,19H,13-14H2,1-3H3. The maximum atomic E-state index is 12.4. The van der Waals surface area contributed by atoms with Crippen LogP contribution in [0.25, 0.3) is 0 Å². The molecule has 4 nitrogen and oxygen atoms in total. The van der Waals surface area contributed by atoms with Crippen molar-refractivity contribution in [2.24, 2.45) is 0 Å². The molecule has 2 aromatic rings. The normalized spacial score (nSPS) is 12.0. The Morgan fingerprint density at radius 3 is 1.96 bits per heavy atom. The van der Waals surface area contributed by atoms with Gasteiger partial charge in [0, 0.05) is 26.2 Å². The van der Waals surface area contributed by atoms with Gasteiger partial charge in [-0.2, -0.15) is 4.31 Å². The highest BCUT2D eigenvalue weighted by molar-refractivity contribution is 7.89. The fourth-order valence-corrected chi connectivity index (χ4v) is 3.54. The fourth-order valence-electron chi connectivity index (χ4n) is 2.17. The maximum absolute atomic E-state index is 12.4. The predicted molar refractivity (Wildman–Crippen MR) is 93.5 cm³/mol. The lowest BCUT2D eigenvalue weighted by atomic mass is 10.2. The summed E-state index contributed by atoms with van der Waals surface area (Å²) in [7, 11) is -1.80. The smallest absolute Gasteiger partial charge is 0.243 e. The lowest BCUT2D eigenvalue weighted by molar-refractivity contribution is 0.410. The Bertz CT molecular complexity index is 710. The summed E-state index contributed by atoms with van der Waals surface area (Å²) in [5, 5.41) is 3.36. The van der Waals surface area contributed by atoms with Crippen molar-refractivity contribution in [3.8, 4) is 0 Å². The summed E-state index contributed by atoms with van der Waals surface area (Å²) in [5.74, 6) is 0. The Morgan fingerprint density at radius 2 is 1.43 bits per heavy atom. The molecule has 0 aliphatic carbocycles. The summed E-state index contributed by atoms with van der Waals surface area (Å²) < 4.78 is 26.2. The van der Waals surface area contributed by atoms with Crippen LogP contribution >= 0.6 is 0 Å². The molecule has 0 amide bonds. The van der Waals surface area contributed by atoms with Gasteiger partial charge in [0.05, 0.1) is 4.90 Å². The van der Waals surface area contributed by atoms with E-state index in [4.69, 9.17) is 0 Å². The summed E-state index contributed by atoms with van der Waals surface area (Å²) in [6.45, 7) is 5.21. The van der Waals surface area contributed by atoms with Gasteiger partial charge in [0.15, 0.2) is 0 Å². The minimum absolute atomic E-state index is 0.0628. The van der Waals surface area contributed by atoms with Gasteiger partial charge < -0.3 is 5.32 Å². The quantitative estimate of drug-likeness (QED) is 0.848. The Morgan fingerprint density at radius 1 is 0.913 bits per heavy atom. The van der Waals surface area contributed by atoms with Gasteiger partial charge in [0.1, 0.15) is 0 Å². The molecule has 0 spiro atoms. The van der Waals surface area contributed by atoms with E-state index in [1.807, 2.05) is 44.2 Å². The summed E-state index contributed by atoms with van der Waals surface area (Å²) in [6.07, 6.45) is 0. The van der Waals surface area contributed by atoms with Crippen LogP contribution in [-0.2, 0) is 23.1 Å². The number of hydrogen-bond acceptors (Lipinski definition) is 3. The lowest BCUT2D eigenvalue weighted by Crippen LogP contribution is -2.33. The molecule has 0 heterocycles. The second kappa shape index (κ2) is 7.73. The van der Waals surface area contributed by atoms with Crippen molar-refractivity contribution >= 4 is 10.0 Å². The third kappa shape index (κ3) is 4.64. The second-order valence-corrected chi connectivity index (χ2v) is 7.85. The topological polar surface area (TPSA) is 49.4 Å². The number of nitrogens with one attached hydrogen (secondary N) is 1. The van der Waals surface area contributed by atoms with Crippen LogP contribution in [0.3, 0.4) is 0 Å². The first-order valence-electron chi connectivity index (χ1n) is 7.73. The highest BCUT2D eigenvalue weighted by atomic mass is 32.2. The fraction of sp³-hybridized carbons (Fsp3) is 0.333. The Balaban J connectivity index is 1.97. The molecule has 0 saturated heterocycles. The zero-order valence-corrected chi connectivity index (χ0v) is 14.7. The lowest BCUT2D eigenvalue weighted by Gasteiger charge is -2.21. The zero-order chi connectivity index (χ0) is 16.9. The van der Waals surface area contributed by atoms with Gasteiger partial charge in [-0.05, 0) is 37.1 Å². The highest BCUT2D eigenvalue weighted by Crippen LogP contribution is 2.17. The largest absolute Gasteiger partial charge is 0.309 e. The molecule has 2 rings (SSSR count). The average Bonchev–Trinajstić information content (AvgIpc) is 2.55. The first kappa shape index (κ1) is 17.7. The van der Waals surface area contributed by atoms with Crippen molar-refractivity contribution in [2.75, 3.05) is 7.05 Å². The molecule has 2 aromatic carbocycles. The van der Waals surface area contributed by atoms with Gasteiger partial charge in [-0.3, -0.25) is 0 Å². The molecule has 0 aromatic heterocycles. The Kier molecular flexibility index (Phi) is 5.93. The van der Waals surface area contributed by atoms with Crippen molar-refractivity contribution in [3.63, 3.8) is 0 Å². The number of nitrogens with zero attached hydrogens (tertiary/aromatic N) is 1. The van der Waals surface area contributed by atoms with Crippen molar-refractivity contribution in [3.05, 3.63) is 65.7 Å². The van der Waals surface area contributed by atoms with Gasteiger partial charge in [-0.25, -0.2) is 8.42 Å². The number of rotatable bonds is 7. The molecule has 0 aliphatic heterocycles. The van der Waals surface area contributed by atoms with Gasteiger partial charge >= 0.3 is 0 Å². The van der Waals surface area contributed by atoms with E-state index in [9.17, 15) is 8.42 Å². The van der Waals surface area contributed by atoms with E-state index in [0.717, 1.165) is 12.1 Å². The van der Waals surface area contributed by atoms with E-state index in [-0.39, 0.29) is 6.04 Å². The van der Waals surface area contributed by atoms with Crippen LogP contribution in [0.5, 0.6) is 0 Å². The van der Waals surface area contributed by atoms with E-state index in [2.05, 4.69) is 17.4 Å². The van der Waals surface area contributed by atoms with Crippen molar-refractivity contribution in [2.45, 2.75) is 37.9 Å². The van der Waals surface area contributed by atoms with E-state index >= 15 is 0 Å². The van der Waals surface area contributed by atoms with Crippen molar-refractivity contribution in [1.82, 2.24) is 9.62 Å². The molecular formula is C18H24N2O2S. The van der Waals surface area contributed by atoms with Crippen LogP contribution in [-0.4, -0.2) is 25.8 Å². The molecule has 0 unspecified atom stereocenters. The summed E-state index contributed by atoms with van der Waals surface area (Å²) >= 11 is 0. The van der Waals surface area contributed by atoms with Gasteiger partial charge in [-0.1, -0.05) is 42.5 Å². The van der Waals surface area contributed by atoms with Crippen LogP contribution in [0, 0.1) is 0 Å². The second-order valence-electron chi connectivity index (χ2n) is 5.85. The van der Waals surface area contributed by atoms with Crippen molar-refractivity contribution in [1.29, 1.82) is 0 Å². The minimum atomic E-state index is -3.41. The predicted octanol–water partition coefficient (Wildman–Crippen LogP) is 3.01. The highest BCUT2D eigenvalue weighted by Gasteiger charge is 2.22. The molecule has 0 fully saturated rings. The van der Waals surface area contributed by atoms with E-state index < -0.39 is 10.0 Å². The molecule has 0 radical (unpaired) electrons. The third-order valence-corrected chi connectivity index (χ3v) is 5.88. The number of benzene rings is 2. The number of hydrogen-bond donors (Lipinski definition) is 1. The molecule has 0 bridgehead atoms. The third-order valence-electron chi connectivity index (χ3n) is 3.83. The first-order chi connectivity index (χ1) is 10.9. The van der Waals surface area contributed by atoms with Gasteiger partial charge in [0.2, 0.25) is 10.0 Å². The molecule has 124 valence electrons.